The van der Waals surface area contributed by atoms with Crippen LogP contribution in [0.5, 0.6) is 0 Å². The van der Waals surface area contributed by atoms with Crippen LogP contribution in [0.3, 0.4) is 0 Å². The molecule has 0 fully saturated rings. The fraction of sp³-hybridized carbons (Fsp3) is 0.533. The number of nitrogens with zero attached hydrogens (tertiary/aromatic N) is 1. The molecule has 1 aliphatic carbocycles. The summed E-state index contributed by atoms with van der Waals surface area (Å²) in [6.45, 7) is 2.21. The van der Waals surface area contributed by atoms with E-state index in [2.05, 4.69) is 35.4 Å². The third-order valence-corrected chi connectivity index (χ3v) is 3.40. The van der Waals surface area contributed by atoms with Gasteiger partial charge in [-0.1, -0.05) is 31.1 Å². The van der Waals surface area contributed by atoms with E-state index < -0.39 is 0 Å². The van der Waals surface area contributed by atoms with Crippen molar-refractivity contribution in [2.45, 2.75) is 51.1 Å². The standard InChI is InChI=1S/C15H22N2/c1-13(14-8-7-11-16-12-14)17-15-9-5-3-2-4-6-10-15/h5,7-9,11-13,15,17H,2-4,6,10H2,1H3/b9-5+/t13-,15?/m0/s1. The van der Waals surface area contributed by atoms with Gasteiger partial charge in [0.05, 0.1) is 0 Å². The van der Waals surface area contributed by atoms with E-state index in [1.54, 1.807) is 0 Å². The average molecular weight is 230 g/mol. The van der Waals surface area contributed by atoms with Crippen LogP contribution in [0.15, 0.2) is 36.7 Å². The Hall–Kier alpha value is -1.15. The van der Waals surface area contributed by atoms with E-state index in [1.807, 2.05) is 18.5 Å². The van der Waals surface area contributed by atoms with Gasteiger partial charge in [-0.05, 0) is 37.8 Å². The van der Waals surface area contributed by atoms with E-state index in [-0.39, 0.29) is 0 Å². The van der Waals surface area contributed by atoms with Gasteiger partial charge >= 0.3 is 0 Å². The number of hydrogen-bond donors (Lipinski definition) is 1. The Balaban J connectivity index is 1.93. The molecule has 2 heteroatoms. The lowest BCUT2D eigenvalue weighted by atomic mass is 10.0. The van der Waals surface area contributed by atoms with E-state index in [1.165, 1.54) is 37.7 Å². The van der Waals surface area contributed by atoms with Crippen LogP contribution in [0.2, 0.25) is 0 Å². The van der Waals surface area contributed by atoms with Crippen molar-refractivity contribution in [2.75, 3.05) is 0 Å². The highest BCUT2D eigenvalue weighted by Crippen LogP contribution is 2.16. The van der Waals surface area contributed by atoms with E-state index in [0.29, 0.717) is 12.1 Å². The highest BCUT2D eigenvalue weighted by atomic mass is 14.9. The molecule has 1 aliphatic rings. The molecule has 1 aromatic heterocycles. The first-order valence-corrected chi connectivity index (χ1v) is 6.69. The van der Waals surface area contributed by atoms with E-state index in [4.69, 9.17) is 0 Å². The Labute approximate surface area is 104 Å². The molecule has 0 saturated heterocycles. The Bertz CT molecular complexity index is 345. The van der Waals surface area contributed by atoms with Crippen LogP contribution in [-0.4, -0.2) is 11.0 Å². The van der Waals surface area contributed by atoms with Gasteiger partial charge in [0.25, 0.3) is 0 Å². The first-order chi connectivity index (χ1) is 8.36. The van der Waals surface area contributed by atoms with E-state index in [9.17, 15) is 0 Å². The lowest BCUT2D eigenvalue weighted by molar-refractivity contribution is 0.461. The summed E-state index contributed by atoms with van der Waals surface area (Å²) in [6, 6.07) is 5.03. The maximum absolute atomic E-state index is 4.17. The predicted molar refractivity (Wildman–Crippen MR) is 71.8 cm³/mol. The summed E-state index contributed by atoms with van der Waals surface area (Å²) >= 11 is 0. The van der Waals surface area contributed by atoms with Crippen molar-refractivity contribution < 1.29 is 0 Å². The topological polar surface area (TPSA) is 24.9 Å². The Morgan fingerprint density at radius 2 is 2.29 bits per heavy atom. The van der Waals surface area contributed by atoms with Gasteiger partial charge in [-0.25, -0.2) is 0 Å². The molecular formula is C15H22N2. The number of pyridine rings is 1. The molecule has 0 radical (unpaired) electrons. The molecule has 1 unspecified atom stereocenters. The summed E-state index contributed by atoms with van der Waals surface area (Å²) in [5, 5.41) is 3.68. The number of allylic oxidation sites excluding steroid dienone is 1. The molecule has 2 nitrogen and oxygen atoms in total. The number of hydrogen-bond acceptors (Lipinski definition) is 2. The SMILES string of the molecule is C[C@H](NC1/C=C/CCCCC1)c1cccnc1. The van der Waals surface area contributed by atoms with Gasteiger partial charge in [-0.3, -0.25) is 4.98 Å². The minimum Gasteiger partial charge on any atom is -0.304 e. The van der Waals surface area contributed by atoms with Gasteiger partial charge in [-0.15, -0.1) is 0 Å². The minimum atomic E-state index is 0.373. The molecule has 2 rings (SSSR count). The van der Waals surface area contributed by atoms with Crippen molar-refractivity contribution in [3.8, 4) is 0 Å². The lowest BCUT2D eigenvalue weighted by Crippen LogP contribution is -2.30. The van der Waals surface area contributed by atoms with Gasteiger partial charge in [-0.2, -0.15) is 0 Å². The van der Waals surface area contributed by atoms with E-state index in [0.717, 1.165) is 0 Å². The third-order valence-electron chi connectivity index (χ3n) is 3.40. The molecule has 0 aromatic carbocycles. The molecule has 0 bridgehead atoms. The maximum atomic E-state index is 4.17. The van der Waals surface area contributed by atoms with Crippen molar-refractivity contribution in [3.05, 3.63) is 42.2 Å². The molecule has 0 spiro atoms. The zero-order chi connectivity index (χ0) is 11.9. The molecule has 1 aromatic rings. The predicted octanol–water partition coefficient (Wildman–Crippen LogP) is 3.62. The third kappa shape index (κ3) is 3.97. The van der Waals surface area contributed by atoms with Crippen molar-refractivity contribution in [1.82, 2.24) is 10.3 Å². The number of aromatic nitrogens is 1. The summed E-state index contributed by atoms with van der Waals surface area (Å²) in [5.41, 5.74) is 1.27. The van der Waals surface area contributed by atoms with Crippen molar-refractivity contribution >= 4 is 0 Å². The van der Waals surface area contributed by atoms with Crippen molar-refractivity contribution in [2.24, 2.45) is 0 Å². The van der Waals surface area contributed by atoms with Gasteiger partial charge in [0.15, 0.2) is 0 Å². The second-order valence-corrected chi connectivity index (χ2v) is 4.85. The molecule has 1 heterocycles. The summed E-state index contributed by atoms with van der Waals surface area (Å²) < 4.78 is 0. The lowest BCUT2D eigenvalue weighted by Gasteiger charge is -2.22. The minimum absolute atomic E-state index is 0.373. The number of rotatable bonds is 3. The van der Waals surface area contributed by atoms with E-state index >= 15 is 0 Å². The maximum Gasteiger partial charge on any atom is 0.0315 e. The smallest absolute Gasteiger partial charge is 0.0315 e. The fourth-order valence-electron chi connectivity index (χ4n) is 2.35. The second kappa shape index (κ2) is 6.55. The molecule has 17 heavy (non-hydrogen) atoms. The Morgan fingerprint density at radius 3 is 3.12 bits per heavy atom. The molecule has 0 aliphatic heterocycles. The first kappa shape index (κ1) is 12.3. The van der Waals surface area contributed by atoms with Crippen LogP contribution in [-0.2, 0) is 0 Å². The normalized spacial score (nSPS) is 24.6. The highest BCUT2D eigenvalue weighted by molar-refractivity contribution is 5.13. The van der Waals surface area contributed by atoms with Crippen molar-refractivity contribution in [3.63, 3.8) is 0 Å². The zero-order valence-corrected chi connectivity index (χ0v) is 10.6. The highest BCUT2D eigenvalue weighted by Gasteiger charge is 2.11. The largest absolute Gasteiger partial charge is 0.304 e. The molecule has 0 amide bonds. The summed E-state index contributed by atoms with van der Waals surface area (Å²) in [7, 11) is 0. The van der Waals surface area contributed by atoms with Crippen LogP contribution in [0.1, 0.15) is 50.6 Å². The quantitative estimate of drug-likeness (QED) is 0.802. The second-order valence-electron chi connectivity index (χ2n) is 4.85. The van der Waals surface area contributed by atoms with Gasteiger partial charge in [0.1, 0.15) is 0 Å². The van der Waals surface area contributed by atoms with Crippen LogP contribution >= 0.6 is 0 Å². The monoisotopic (exact) mass is 230 g/mol. The van der Waals surface area contributed by atoms with Crippen LogP contribution in [0.25, 0.3) is 0 Å². The average Bonchev–Trinajstić information content (AvgIpc) is 2.33. The first-order valence-electron chi connectivity index (χ1n) is 6.69. The molecule has 2 atom stereocenters. The zero-order valence-electron chi connectivity index (χ0n) is 10.6. The van der Waals surface area contributed by atoms with Crippen molar-refractivity contribution in [1.29, 1.82) is 0 Å². The molecular weight excluding hydrogens is 208 g/mol. The van der Waals surface area contributed by atoms with Crippen LogP contribution in [0.4, 0.5) is 0 Å². The Kier molecular flexibility index (Phi) is 4.75. The summed E-state index contributed by atoms with van der Waals surface area (Å²) in [4.78, 5) is 4.17. The molecule has 1 N–H and O–H groups in total. The van der Waals surface area contributed by atoms with Gasteiger partial charge < -0.3 is 5.32 Å². The summed E-state index contributed by atoms with van der Waals surface area (Å²) in [5.74, 6) is 0. The molecule has 0 saturated carbocycles. The Morgan fingerprint density at radius 1 is 1.35 bits per heavy atom. The summed E-state index contributed by atoms with van der Waals surface area (Å²) in [6.07, 6.45) is 15.0. The number of nitrogens with one attached hydrogen (secondary N) is 1. The fourth-order valence-corrected chi connectivity index (χ4v) is 2.35. The van der Waals surface area contributed by atoms with Crippen LogP contribution in [0, 0.1) is 0 Å². The van der Waals surface area contributed by atoms with Gasteiger partial charge in [0, 0.05) is 24.5 Å². The van der Waals surface area contributed by atoms with Gasteiger partial charge in [0.2, 0.25) is 0 Å². The molecule has 92 valence electrons. The van der Waals surface area contributed by atoms with Crippen LogP contribution < -0.4 is 5.32 Å².